The van der Waals surface area contributed by atoms with Crippen molar-refractivity contribution < 1.29 is 9.53 Å². The maximum Gasteiger partial charge on any atom is 0.271 e. The van der Waals surface area contributed by atoms with Gasteiger partial charge in [-0.15, -0.1) is 0 Å². The molecule has 7 heteroatoms. The van der Waals surface area contributed by atoms with Gasteiger partial charge in [-0.1, -0.05) is 37.3 Å². The Bertz CT molecular complexity index is 541. The van der Waals surface area contributed by atoms with E-state index in [-0.39, 0.29) is 17.6 Å². The highest BCUT2D eigenvalue weighted by Crippen LogP contribution is 2.20. The first-order chi connectivity index (χ1) is 11.2. The molecule has 0 unspecified atom stereocenters. The van der Waals surface area contributed by atoms with E-state index in [2.05, 4.69) is 15.3 Å². The van der Waals surface area contributed by atoms with Gasteiger partial charge in [0.25, 0.3) is 5.91 Å². The Morgan fingerprint density at radius 2 is 1.91 bits per heavy atom. The van der Waals surface area contributed by atoms with Crippen molar-refractivity contribution in [2.24, 2.45) is 0 Å². The molecule has 0 atom stereocenters. The molecule has 1 N–H and O–H groups in total. The van der Waals surface area contributed by atoms with Crippen LogP contribution in [0.25, 0.3) is 0 Å². The third kappa shape index (κ3) is 4.32. The fourth-order valence-electron chi connectivity index (χ4n) is 3.11. The van der Waals surface area contributed by atoms with E-state index in [0.29, 0.717) is 24.2 Å². The lowest BCUT2D eigenvalue weighted by Crippen LogP contribution is -2.38. The van der Waals surface area contributed by atoms with Gasteiger partial charge in [0.05, 0.1) is 24.4 Å². The number of aromatic nitrogens is 2. The third-order valence-corrected chi connectivity index (χ3v) is 4.71. The molecular formula is C16H23ClN4O2. The van der Waals surface area contributed by atoms with E-state index in [1.807, 2.05) is 4.90 Å². The van der Waals surface area contributed by atoms with Crippen molar-refractivity contribution in [3.8, 4) is 0 Å². The van der Waals surface area contributed by atoms with Crippen molar-refractivity contribution in [3.63, 3.8) is 0 Å². The van der Waals surface area contributed by atoms with Gasteiger partial charge < -0.3 is 15.0 Å². The highest BCUT2D eigenvalue weighted by Gasteiger charge is 2.21. The number of morpholine rings is 1. The largest absolute Gasteiger partial charge is 0.378 e. The van der Waals surface area contributed by atoms with Crippen molar-refractivity contribution >= 4 is 23.5 Å². The average Bonchev–Trinajstić information content (AvgIpc) is 2.84. The van der Waals surface area contributed by atoms with Crippen LogP contribution >= 0.6 is 11.6 Å². The third-order valence-electron chi connectivity index (χ3n) is 4.43. The van der Waals surface area contributed by atoms with E-state index < -0.39 is 0 Å². The van der Waals surface area contributed by atoms with Gasteiger partial charge in [0.15, 0.2) is 5.69 Å². The molecule has 1 aromatic rings. The standard InChI is InChI=1S/C16H23ClN4O2/c17-13-11-18-16(21-7-9-23-10-8-21)20-14(13)15(22)19-12-5-3-1-2-4-6-12/h11-12H,1-10H2,(H,19,22). The van der Waals surface area contributed by atoms with Crippen molar-refractivity contribution in [3.05, 3.63) is 16.9 Å². The minimum absolute atomic E-state index is 0.196. The summed E-state index contributed by atoms with van der Waals surface area (Å²) in [6.45, 7) is 2.75. The Balaban J connectivity index is 1.71. The number of halogens is 1. The Morgan fingerprint density at radius 1 is 1.22 bits per heavy atom. The summed E-state index contributed by atoms with van der Waals surface area (Å²) in [4.78, 5) is 23.2. The highest BCUT2D eigenvalue weighted by molar-refractivity contribution is 6.33. The number of carbonyl (C=O) groups excluding carboxylic acids is 1. The van der Waals surface area contributed by atoms with Crippen LogP contribution in [0, 0.1) is 0 Å². The molecule has 3 rings (SSSR count). The van der Waals surface area contributed by atoms with Crippen molar-refractivity contribution in [2.75, 3.05) is 31.2 Å². The predicted octanol–water partition coefficient (Wildman–Crippen LogP) is 2.42. The Labute approximate surface area is 141 Å². The van der Waals surface area contributed by atoms with E-state index in [9.17, 15) is 4.79 Å². The van der Waals surface area contributed by atoms with Crippen LogP contribution in [0.15, 0.2) is 6.20 Å². The molecule has 0 bridgehead atoms. The molecule has 126 valence electrons. The zero-order valence-corrected chi connectivity index (χ0v) is 14.0. The first-order valence-electron chi connectivity index (χ1n) is 8.40. The molecule has 1 aliphatic carbocycles. The van der Waals surface area contributed by atoms with Crippen LogP contribution in [0.4, 0.5) is 5.95 Å². The molecule has 1 saturated heterocycles. The summed E-state index contributed by atoms with van der Waals surface area (Å²) in [6, 6.07) is 0.225. The summed E-state index contributed by atoms with van der Waals surface area (Å²) in [5.74, 6) is 0.350. The van der Waals surface area contributed by atoms with Crippen LogP contribution in [-0.2, 0) is 4.74 Å². The van der Waals surface area contributed by atoms with E-state index in [0.717, 1.165) is 25.9 Å². The van der Waals surface area contributed by atoms with Gasteiger partial charge in [0.1, 0.15) is 0 Å². The lowest BCUT2D eigenvalue weighted by atomic mass is 10.1. The smallest absolute Gasteiger partial charge is 0.271 e. The molecule has 6 nitrogen and oxygen atoms in total. The van der Waals surface area contributed by atoms with E-state index >= 15 is 0 Å². The van der Waals surface area contributed by atoms with Crippen molar-refractivity contribution in [1.29, 1.82) is 0 Å². The molecule has 0 spiro atoms. The molecule has 1 aromatic heterocycles. The number of rotatable bonds is 3. The first kappa shape index (κ1) is 16.5. The van der Waals surface area contributed by atoms with E-state index in [1.165, 1.54) is 31.9 Å². The lowest BCUT2D eigenvalue weighted by molar-refractivity contribution is 0.0928. The molecular weight excluding hydrogens is 316 g/mol. The highest BCUT2D eigenvalue weighted by atomic mass is 35.5. The van der Waals surface area contributed by atoms with E-state index in [1.54, 1.807) is 0 Å². The number of nitrogens with zero attached hydrogens (tertiary/aromatic N) is 3. The first-order valence-corrected chi connectivity index (χ1v) is 8.78. The van der Waals surface area contributed by atoms with Gasteiger partial charge in [-0.05, 0) is 12.8 Å². The van der Waals surface area contributed by atoms with Gasteiger partial charge in [-0.3, -0.25) is 4.79 Å². The number of anilines is 1. The summed E-state index contributed by atoms with van der Waals surface area (Å²) in [5.41, 5.74) is 0.271. The van der Waals surface area contributed by atoms with Gasteiger partial charge in [-0.2, -0.15) is 0 Å². The number of amides is 1. The van der Waals surface area contributed by atoms with Gasteiger partial charge in [0, 0.05) is 19.1 Å². The second kappa shape index (κ2) is 7.93. The van der Waals surface area contributed by atoms with E-state index in [4.69, 9.17) is 16.3 Å². The van der Waals surface area contributed by atoms with Crippen LogP contribution in [0.5, 0.6) is 0 Å². The predicted molar refractivity (Wildman–Crippen MR) is 89.0 cm³/mol. The summed E-state index contributed by atoms with van der Waals surface area (Å²) in [7, 11) is 0. The molecule has 2 fully saturated rings. The topological polar surface area (TPSA) is 67.4 Å². The zero-order valence-electron chi connectivity index (χ0n) is 13.3. The number of ether oxygens (including phenoxy) is 1. The molecule has 2 aliphatic rings. The second-order valence-electron chi connectivity index (χ2n) is 6.13. The van der Waals surface area contributed by atoms with Crippen LogP contribution in [0.2, 0.25) is 5.02 Å². The Hall–Kier alpha value is -1.40. The maximum absolute atomic E-state index is 12.6. The van der Waals surface area contributed by atoms with Gasteiger partial charge in [0.2, 0.25) is 5.95 Å². The van der Waals surface area contributed by atoms with Crippen LogP contribution in [0.1, 0.15) is 49.0 Å². The molecule has 1 amide bonds. The minimum Gasteiger partial charge on any atom is -0.378 e. The monoisotopic (exact) mass is 338 g/mol. The minimum atomic E-state index is -0.196. The fourth-order valence-corrected chi connectivity index (χ4v) is 3.29. The Kier molecular flexibility index (Phi) is 5.67. The number of nitrogens with one attached hydrogen (secondary N) is 1. The van der Waals surface area contributed by atoms with Crippen molar-refractivity contribution in [1.82, 2.24) is 15.3 Å². The van der Waals surface area contributed by atoms with Crippen LogP contribution in [-0.4, -0.2) is 48.2 Å². The quantitative estimate of drug-likeness (QED) is 0.857. The SMILES string of the molecule is O=C(NC1CCCCCC1)c1nc(N2CCOCC2)ncc1Cl. The molecule has 1 aliphatic heterocycles. The summed E-state index contributed by atoms with van der Waals surface area (Å²) in [6.07, 6.45) is 8.42. The summed E-state index contributed by atoms with van der Waals surface area (Å²) < 4.78 is 5.33. The van der Waals surface area contributed by atoms with Gasteiger partial charge in [-0.25, -0.2) is 9.97 Å². The number of hydrogen-bond donors (Lipinski definition) is 1. The van der Waals surface area contributed by atoms with Gasteiger partial charge >= 0.3 is 0 Å². The van der Waals surface area contributed by atoms with Crippen LogP contribution < -0.4 is 10.2 Å². The molecule has 2 heterocycles. The average molecular weight is 339 g/mol. The molecule has 0 radical (unpaired) electrons. The van der Waals surface area contributed by atoms with Crippen molar-refractivity contribution in [2.45, 2.75) is 44.6 Å². The zero-order chi connectivity index (χ0) is 16.1. The Morgan fingerprint density at radius 3 is 2.61 bits per heavy atom. The lowest BCUT2D eigenvalue weighted by Gasteiger charge is -2.27. The molecule has 1 saturated carbocycles. The number of carbonyl (C=O) groups is 1. The normalized spacial score (nSPS) is 20.1. The molecule has 23 heavy (non-hydrogen) atoms. The fraction of sp³-hybridized carbons (Fsp3) is 0.688. The number of hydrogen-bond acceptors (Lipinski definition) is 5. The molecule has 0 aromatic carbocycles. The maximum atomic E-state index is 12.6. The summed E-state index contributed by atoms with van der Waals surface area (Å²) >= 11 is 6.15. The summed E-state index contributed by atoms with van der Waals surface area (Å²) in [5, 5.41) is 3.39. The second-order valence-corrected chi connectivity index (χ2v) is 6.54. The van der Waals surface area contributed by atoms with Crippen LogP contribution in [0.3, 0.4) is 0 Å².